The van der Waals surface area contributed by atoms with E-state index >= 15 is 0 Å². The molecule has 1 saturated carbocycles. The zero-order valence-electron chi connectivity index (χ0n) is 14.2. The van der Waals surface area contributed by atoms with Crippen LogP contribution in [0.4, 0.5) is 0 Å². The average molecular weight is 324 g/mol. The van der Waals surface area contributed by atoms with Crippen molar-refractivity contribution in [3.8, 4) is 22.3 Å². The summed E-state index contributed by atoms with van der Waals surface area (Å²) in [5.41, 5.74) is 8.08. The smallest absolute Gasteiger partial charge is 0.133 e. The Morgan fingerprint density at radius 3 is 2.12 bits per heavy atom. The minimum absolute atomic E-state index is 0.0185. The fourth-order valence-corrected chi connectivity index (χ4v) is 4.76. The van der Waals surface area contributed by atoms with Gasteiger partial charge in [0.25, 0.3) is 0 Å². The lowest BCUT2D eigenvalue weighted by Gasteiger charge is -2.35. The van der Waals surface area contributed by atoms with Gasteiger partial charge in [0.2, 0.25) is 0 Å². The molecule has 0 aromatic heterocycles. The maximum absolute atomic E-state index is 11.9. The van der Waals surface area contributed by atoms with Crippen LogP contribution in [0.2, 0.25) is 0 Å². The molecule has 0 unspecified atom stereocenters. The molecule has 0 aliphatic heterocycles. The number of Topliss-reactive ketones (excluding diaryl/α,β-unsaturated/α-hetero) is 1. The quantitative estimate of drug-likeness (QED) is 0.556. The molecule has 1 spiro atoms. The van der Waals surface area contributed by atoms with Crippen molar-refractivity contribution in [2.75, 3.05) is 0 Å². The molecule has 25 heavy (non-hydrogen) atoms. The predicted octanol–water partition coefficient (Wildman–Crippen LogP) is 5.76. The summed E-state index contributed by atoms with van der Waals surface area (Å²) in [7, 11) is 0. The summed E-state index contributed by atoms with van der Waals surface area (Å²) in [6.07, 6.45) is 3.27. The van der Waals surface area contributed by atoms with Gasteiger partial charge in [0.05, 0.1) is 0 Å². The number of ketones is 1. The van der Waals surface area contributed by atoms with Crippen molar-refractivity contribution in [3.63, 3.8) is 0 Å². The highest BCUT2D eigenvalue weighted by Crippen LogP contribution is 2.55. The summed E-state index contributed by atoms with van der Waals surface area (Å²) in [6.45, 7) is 0. The van der Waals surface area contributed by atoms with Gasteiger partial charge in [-0.1, -0.05) is 66.7 Å². The zero-order chi connectivity index (χ0) is 16.9. The van der Waals surface area contributed by atoms with Gasteiger partial charge in [0.15, 0.2) is 0 Å². The van der Waals surface area contributed by atoms with Crippen molar-refractivity contribution in [1.82, 2.24) is 0 Å². The van der Waals surface area contributed by atoms with Crippen LogP contribution in [0, 0.1) is 0 Å². The van der Waals surface area contributed by atoms with Crippen LogP contribution in [0.3, 0.4) is 0 Å². The predicted molar refractivity (Wildman–Crippen MR) is 102 cm³/mol. The van der Waals surface area contributed by atoms with Crippen molar-refractivity contribution < 1.29 is 4.79 Å². The number of carbonyl (C=O) groups is 1. The highest BCUT2D eigenvalue weighted by atomic mass is 16.1. The van der Waals surface area contributed by atoms with Crippen LogP contribution >= 0.6 is 0 Å². The van der Waals surface area contributed by atoms with Gasteiger partial charge in [-0.25, -0.2) is 0 Å². The Bertz CT molecular complexity index is 958. The van der Waals surface area contributed by atoms with Gasteiger partial charge in [-0.3, -0.25) is 4.79 Å². The molecule has 2 aliphatic rings. The highest BCUT2D eigenvalue weighted by Gasteiger charge is 2.45. The minimum Gasteiger partial charge on any atom is -0.300 e. The fraction of sp³-hybridized carbons (Fsp3) is 0.208. The molecule has 1 nitrogen and oxygen atoms in total. The SMILES string of the molecule is O=C1CCC2(CC1)c1ccccc1-c1ccc(-c3ccccc3)cc12. The Balaban J connectivity index is 1.73. The minimum atomic E-state index is 0.0185. The second-order valence-corrected chi connectivity index (χ2v) is 7.29. The number of fused-ring (bicyclic) bond motifs is 5. The Hall–Kier alpha value is -2.67. The Kier molecular flexibility index (Phi) is 3.18. The third-order valence-electron chi connectivity index (χ3n) is 6.04. The van der Waals surface area contributed by atoms with Crippen LogP contribution in [0.25, 0.3) is 22.3 Å². The maximum Gasteiger partial charge on any atom is 0.133 e. The van der Waals surface area contributed by atoms with Crippen molar-refractivity contribution >= 4 is 5.78 Å². The van der Waals surface area contributed by atoms with Crippen molar-refractivity contribution in [1.29, 1.82) is 0 Å². The van der Waals surface area contributed by atoms with E-state index in [0.717, 1.165) is 12.8 Å². The van der Waals surface area contributed by atoms with Crippen LogP contribution in [0.15, 0.2) is 72.8 Å². The normalized spacial score (nSPS) is 17.4. The summed E-state index contributed by atoms with van der Waals surface area (Å²) in [4.78, 5) is 11.9. The largest absolute Gasteiger partial charge is 0.300 e. The first-order valence-electron chi connectivity index (χ1n) is 9.09. The van der Waals surface area contributed by atoms with Crippen LogP contribution in [0.5, 0.6) is 0 Å². The van der Waals surface area contributed by atoms with Crippen LogP contribution in [0.1, 0.15) is 36.8 Å². The molecule has 122 valence electrons. The molecular formula is C24H20O. The first kappa shape index (κ1) is 14.7. The van der Waals surface area contributed by atoms with E-state index in [2.05, 4.69) is 72.8 Å². The third kappa shape index (κ3) is 2.12. The fourth-order valence-electron chi connectivity index (χ4n) is 4.76. The molecule has 0 radical (unpaired) electrons. The summed E-state index contributed by atoms with van der Waals surface area (Å²) >= 11 is 0. The third-order valence-corrected chi connectivity index (χ3v) is 6.04. The van der Waals surface area contributed by atoms with Gasteiger partial charge in [-0.05, 0) is 52.3 Å². The van der Waals surface area contributed by atoms with E-state index in [1.165, 1.54) is 33.4 Å². The molecule has 0 N–H and O–H groups in total. The van der Waals surface area contributed by atoms with E-state index in [9.17, 15) is 4.79 Å². The summed E-state index contributed by atoms with van der Waals surface area (Å²) < 4.78 is 0. The number of hydrogen-bond acceptors (Lipinski definition) is 1. The zero-order valence-corrected chi connectivity index (χ0v) is 14.2. The summed E-state index contributed by atoms with van der Waals surface area (Å²) in [5, 5.41) is 0. The lowest BCUT2D eigenvalue weighted by molar-refractivity contribution is -0.121. The molecule has 3 aromatic carbocycles. The molecule has 0 atom stereocenters. The summed E-state index contributed by atoms with van der Waals surface area (Å²) in [6, 6.07) is 26.2. The maximum atomic E-state index is 11.9. The molecule has 0 amide bonds. The highest BCUT2D eigenvalue weighted by molar-refractivity contribution is 5.87. The lowest BCUT2D eigenvalue weighted by Crippen LogP contribution is -2.31. The average Bonchev–Trinajstić information content (AvgIpc) is 2.95. The lowest BCUT2D eigenvalue weighted by atomic mass is 9.67. The molecular weight excluding hydrogens is 304 g/mol. The van der Waals surface area contributed by atoms with Crippen LogP contribution < -0.4 is 0 Å². The molecule has 1 heteroatoms. The number of hydrogen-bond donors (Lipinski definition) is 0. The Labute approximate surface area is 148 Å². The number of rotatable bonds is 1. The monoisotopic (exact) mass is 324 g/mol. The van der Waals surface area contributed by atoms with Gasteiger partial charge in [0.1, 0.15) is 5.78 Å². The van der Waals surface area contributed by atoms with Crippen LogP contribution in [-0.2, 0) is 10.2 Å². The van der Waals surface area contributed by atoms with E-state index in [1.807, 2.05) is 0 Å². The molecule has 0 heterocycles. The van der Waals surface area contributed by atoms with Crippen molar-refractivity contribution in [2.45, 2.75) is 31.1 Å². The van der Waals surface area contributed by atoms with E-state index in [4.69, 9.17) is 0 Å². The van der Waals surface area contributed by atoms with Gasteiger partial charge < -0.3 is 0 Å². The number of carbonyl (C=O) groups excluding carboxylic acids is 1. The molecule has 1 fully saturated rings. The second kappa shape index (κ2) is 5.42. The molecule has 0 bridgehead atoms. The molecule has 3 aromatic rings. The van der Waals surface area contributed by atoms with E-state index in [-0.39, 0.29) is 5.41 Å². The van der Waals surface area contributed by atoms with Crippen molar-refractivity contribution in [3.05, 3.63) is 83.9 Å². The Morgan fingerprint density at radius 1 is 0.640 bits per heavy atom. The Morgan fingerprint density at radius 2 is 1.32 bits per heavy atom. The topological polar surface area (TPSA) is 17.1 Å². The van der Waals surface area contributed by atoms with Crippen molar-refractivity contribution in [2.24, 2.45) is 0 Å². The van der Waals surface area contributed by atoms with Gasteiger partial charge in [-0.15, -0.1) is 0 Å². The van der Waals surface area contributed by atoms with E-state index in [0.29, 0.717) is 18.6 Å². The standard InChI is InChI=1S/C24H20O/c25-19-12-14-24(15-13-19)22-9-5-4-8-20(22)21-11-10-18(16-23(21)24)17-6-2-1-3-7-17/h1-11,16H,12-15H2. The number of benzene rings is 3. The summed E-state index contributed by atoms with van der Waals surface area (Å²) in [5.74, 6) is 0.413. The first-order chi connectivity index (χ1) is 12.3. The van der Waals surface area contributed by atoms with Gasteiger partial charge in [-0.2, -0.15) is 0 Å². The van der Waals surface area contributed by atoms with Gasteiger partial charge in [0, 0.05) is 18.3 Å². The van der Waals surface area contributed by atoms with E-state index in [1.54, 1.807) is 0 Å². The molecule has 0 saturated heterocycles. The molecule has 5 rings (SSSR count). The molecule has 2 aliphatic carbocycles. The van der Waals surface area contributed by atoms with Gasteiger partial charge >= 0.3 is 0 Å². The second-order valence-electron chi connectivity index (χ2n) is 7.29. The first-order valence-corrected chi connectivity index (χ1v) is 9.09. The van der Waals surface area contributed by atoms with Crippen LogP contribution in [-0.4, -0.2) is 5.78 Å². The van der Waals surface area contributed by atoms with E-state index < -0.39 is 0 Å².